The highest BCUT2D eigenvalue weighted by Crippen LogP contribution is 2.34. The van der Waals surface area contributed by atoms with E-state index < -0.39 is 6.10 Å². The summed E-state index contributed by atoms with van der Waals surface area (Å²) in [6, 6.07) is 13.7. The lowest BCUT2D eigenvalue weighted by Gasteiger charge is -2.32. The first-order valence-corrected chi connectivity index (χ1v) is 11.6. The molecule has 1 aliphatic heterocycles. The highest BCUT2D eigenvalue weighted by molar-refractivity contribution is 6.31. The maximum Gasteiger partial charge on any atom is 0.125 e. The Balaban J connectivity index is 0.00000132. The van der Waals surface area contributed by atoms with Crippen LogP contribution in [-0.4, -0.2) is 46.3 Å². The zero-order valence-electron chi connectivity index (χ0n) is 18.2. The predicted octanol–water partition coefficient (Wildman–Crippen LogP) is 4.43. The summed E-state index contributed by atoms with van der Waals surface area (Å²) in [4.78, 5) is 0. The molecule has 4 rings (SSSR count). The van der Waals surface area contributed by atoms with Crippen molar-refractivity contribution in [2.45, 2.75) is 76.5 Å². The van der Waals surface area contributed by atoms with Gasteiger partial charge >= 0.3 is 0 Å². The Hall–Kier alpha value is -1.63. The number of hydrogen-bond acceptors (Lipinski definition) is 5. The third-order valence-electron chi connectivity index (χ3n) is 5.80. The molecule has 6 heteroatoms. The molecule has 2 fully saturated rings. The smallest absolute Gasteiger partial charge is 0.125 e. The first-order valence-electron chi connectivity index (χ1n) is 11.2. The van der Waals surface area contributed by atoms with Gasteiger partial charge in [0.25, 0.3) is 0 Å². The molecule has 5 nitrogen and oxygen atoms in total. The number of rotatable bonds is 6. The number of aliphatic hydroxyl groups is 3. The fourth-order valence-electron chi connectivity index (χ4n) is 3.92. The Morgan fingerprint density at radius 3 is 2.39 bits per heavy atom. The predicted molar refractivity (Wildman–Crippen MR) is 122 cm³/mol. The second-order valence-corrected chi connectivity index (χ2v) is 8.43. The number of benzene rings is 2. The Morgan fingerprint density at radius 2 is 1.77 bits per heavy atom. The lowest BCUT2D eigenvalue weighted by molar-refractivity contribution is -0.113. The molecule has 0 aromatic heterocycles. The molecule has 0 bridgehead atoms. The van der Waals surface area contributed by atoms with Crippen molar-refractivity contribution in [2.24, 2.45) is 0 Å². The van der Waals surface area contributed by atoms with Gasteiger partial charge in [-0.25, -0.2) is 0 Å². The highest BCUT2D eigenvalue weighted by atomic mass is 35.5. The zero-order valence-corrected chi connectivity index (χ0v) is 19.0. The van der Waals surface area contributed by atoms with Crippen molar-refractivity contribution in [2.75, 3.05) is 6.61 Å². The molecular formula is C25H33ClO5. The molecule has 31 heavy (non-hydrogen) atoms. The van der Waals surface area contributed by atoms with Gasteiger partial charge in [0, 0.05) is 17.9 Å². The maximum atomic E-state index is 10.1. The van der Waals surface area contributed by atoms with E-state index in [-0.39, 0.29) is 31.0 Å². The van der Waals surface area contributed by atoms with Crippen LogP contribution >= 0.6 is 11.6 Å². The van der Waals surface area contributed by atoms with Gasteiger partial charge in [0.1, 0.15) is 11.9 Å². The fourth-order valence-corrected chi connectivity index (χ4v) is 4.11. The summed E-state index contributed by atoms with van der Waals surface area (Å²) < 4.78 is 11.7. The number of aliphatic hydroxyl groups excluding tert-OH is 3. The van der Waals surface area contributed by atoms with Crippen LogP contribution in [0, 0.1) is 0 Å². The summed E-state index contributed by atoms with van der Waals surface area (Å²) in [6.45, 7) is 3.90. The zero-order chi connectivity index (χ0) is 22.4. The van der Waals surface area contributed by atoms with E-state index >= 15 is 0 Å². The van der Waals surface area contributed by atoms with Gasteiger partial charge in [-0.2, -0.15) is 0 Å². The largest absolute Gasteiger partial charge is 0.488 e. The molecular weight excluding hydrogens is 416 g/mol. The second-order valence-electron chi connectivity index (χ2n) is 8.03. The van der Waals surface area contributed by atoms with E-state index in [4.69, 9.17) is 21.1 Å². The summed E-state index contributed by atoms with van der Waals surface area (Å²) in [7, 11) is 0. The van der Waals surface area contributed by atoms with E-state index in [0.717, 1.165) is 35.3 Å². The van der Waals surface area contributed by atoms with Gasteiger partial charge in [-0.1, -0.05) is 49.7 Å². The standard InChI is InChI=1S/C23H27ClO5.C2H6/c24-20-6-3-15(23-12-17(26)11-19(13-25)29-23)10-16(20)9-14-1-4-18(5-2-14)28-22-8-7-21(22)27;1-2/h1-6,10,17,19,21-23,25-27H,7-9,11-13H2;1-2H3/t17-,19-,21?,22?,23+;/m0./s1. The Labute approximate surface area is 189 Å². The van der Waals surface area contributed by atoms with Crippen molar-refractivity contribution in [3.8, 4) is 5.75 Å². The normalized spacial score (nSPS) is 27.6. The Bertz CT molecular complexity index is 825. The van der Waals surface area contributed by atoms with Crippen LogP contribution in [-0.2, 0) is 11.2 Å². The van der Waals surface area contributed by atoms with Crippen molar-refractivity contribution in [1.29, 1.82) is 0 Å². The van der Waals surface area contributed by atoms with Crippen LogP contribution in [0.25, 0.3) is 0 Å². The summed E-state index contributed by atoms with van der Waals surface area (Å²) in [6.07, 6.45) is 1.79. The summed E-state index contributed by atoms with van der Waals surface area (Å²) in [5, 5.41) is 29.8. The molecule has 2 aliphatic rings. The van der Waals surface area contributed by atoms with E-state index in [1.54, 1.807) is 0 Å². The van der Waals surface area contributed by atoms with Crippen molar-refractivity contribution in [3.05, 3.63) is 64.2 Å². The molecule has 1 aliphatic carbocycles. The molecule has 1 saturated carbocycles. The van der Waals surface area contributed by atoms with Crippen molar-refractivity contribution in [1.82, 2.24) is 0 Å². The molecule has 1 saturated heterocycles. The third kappa shape index (κ3) is 6.21. The highest BCUT2D eigenvalue weighted by Gasteiger charge is 2.31. The molecule has 0 amide bonds. The number of hydrogen-bond donors (Lipinski definition) is 3. The lowest BCUT2D eigenvalue weighted by atomic mass is 9.92. The molecule has 2 unspecified atom stereocenters. The van der Waals surface area contributed by atoms with E-state index in [0.29, 0.717) is 24.3 Å². The van der Waals surface area contributed by atoms with Crippen molar-refractivity contribution in [3.63, 3.8) is 0 Å². The van der Waals surface area contributed by atoms with Crippen LogP contribution in [0.5, 0.6) is 5.75 Å². The fraction of sp³-hybridized carbons (Fsp3) is 0.520. The van der Waals surface area contributed by atoms with E-state index in [2.05, 4.69) is 0 Å². The minimum atomic E-state index is -0.480. The van der Waals surface area contributed by atoms with Gasteiger partial charge in [0.15, 0.2) is 0 Å². The van der Waals surface area contributed by atoms with E-state index in [9.17, 15) is 15.3 Å². The van der Waals surface area contributed by atoms with Gasteiger partial charge in [0.05, 0.1) is 31.0 Å². The first kappa shape index (κ1) is 24.0. The summed E-state index contributed by atoms with van der Waals surface area (Å²) in [5.74, 6) is 0.761. The Kier molecular flexibility index (Phi) is 8.76. The van der Waals surface area contributed by atoms with E-state index in [1.165, 1.54) is 0 Å². The van der Waals surface area contributed by atoms with Crippen molar-refractivity contribution < 1.29 is 24.8 Å². The van der Waals surface area contributed by atoms with Crippen LogP contribution in [0.1, 0.15) is 62.3 Å². The second kappa shape index (κ2) is 11.3. The molecule has 0 radical (unpaired) electrons. The Morgan fingerprint density at radius 1 is 1.03 bits per heavy atom. The van der Waals surface area contributed by atoms with Crippen LogP contribution in [0.3, 0.4) is 0 Å². The molecule has 170 valence electrons. The molecule has 3 N–H and O–H groups in total. The van der Waals surface area contributed by atoms with E-state index in [1.807, 2.05) is 56.3 Å². The first-order chi connectivity index (χ1) is 15.0. The minimum Gasteiger partial charge on any atom is -0.488 e. The quantitative estimate of drug-likeness (QED) is 0.609. The van der Waals surface area contributed by atoms with Crippen LogP contribution in [0.4, 0.5) is 0 Å². The van der Waals surface area contributed by atoms with Gasteiger partial charge in [-0.05, 0) is 54.2 Å². The average Bonchev–Trinajstić information content (AvgIpc) is 2.79. The summed E-state index contributed by atoms with van der Waals surface area (Å²) >= 11 is 6.43. The topological polar surface area (TPSA) is 79.2 Å². The van der Waals surface area contributed by atoms with Crippen molar-refractivity contribution >= 4 is 11.6 Å². The van der Waals surface area contributed by atoms with Gasteiger partial charge in [-0.3, -0.25) is 0 Å². The van der Waals surface area contributed by atoms with Crippen LogP contribution < -0.4 is 4.74 Å². The number of ether oxygens (including phenoxy) is 2. The van der Waals surface area contributed by atoms with Gasteiger partial charge < -0.3 is 24.8 Å². The lowest BCUT2D eigenvalue weighted by Crippen LogP contribution is -2.41. The summed E-state index contributed by atoms with van der Waals surface area (Å²) in [5.41, 5.74) is 3.04. The van der Waals surface area contributed by atoms with Gasteiger partial charge in [0.2, 0.25) is 0 Å². The van der Waals surface area contributed by atoms with Gasteiger partial charge in [-0.15, -0.1) is 0 Å². The maximum absolute atomic E-state index is 10.1. The molecule has 2 aromatic rings. The number of halogens is 1. The molecule has 1 heterocycles. The minimum absolute atomic E-state index is 0.0967. The van der Waals surface area contributed by atoms with Crippen LogP contribution in [0.15, 0.2) is 42.5 Å². The van der Waals surface area contributed by atoms with Crippen LogP contribution in [0.2, 0.25) is 5.02 Å². The molecule has 0 spiro atoms. The average molecular weight is 449 g/mol. The SMILES string of the molecule is CC.OC[C@@H]1C[C@H](O)C[C@H](c2ccc(Cl)c(Cc3ccc(OC4CCC4O)cc3)c2)O1. The monoisotopic (exact) mass is 448 g/mol. The third-order valence-corrected chi connectivity index (χ3v) is 6.17. The molecule has 2 aromatic carbocycles. The molecule has 5 atom stereocenters.